The zero-order chi connectivity index (χ0) is 18.0. The second-order valence-corrected chi connectivity index (χ2v) is 7.24. The van der Waals surface area contributed by atoms with E-state index in [-0.39, 0.29) is 18.4 Å². The molecule has 140 valence electrons. The molecule has 2 aromatic rings. The van der Waals surface area contributed by atoms with Gasteiger partial charge in [-0.2, -0.15) is 0 Å². The summed E-state index contributed by atoms with van der Waals surface area (Å²) < 4.78 is 0. The van der Waals surface area contributed by atoms with Crippen LogP contribution in [-0.2, 0) is 13.0 Å². The molecule has 2 heterocycles. The van der Waals surface area contributed by atoms with Crippen molar-refractivity contribution >= 4 is 46.4 Å². The SMILES string of the molecule is CCN1CCc2c(sc(NC(=O)Nc3ccc(C)cc3)c2C(N)=O)C1.Cl. The van der Waals surface area contributed by atoms with E-state index in [2.05, 4.69) is 22.5 Å². The number of primary amides is 1. The Kier molecular flexibility index (Phi) is 6.63. The quantitative estimate of drug-likeness (QED) is 0.740. The summed E-state index contributed by atoms with van der Waals surface area (Å²) >= 11 is 1.44. The van der Waals surface area contributed by atoms with Gasteiger partial charge in [0.25, 0.3) is 5.91 Å². The monoisotopic (exact) mass is 394 g/mol. The van der Waals surface area contributed by atoms with E-state index in [9.17, 15) is 9.59 Å². The number of benzene rings is 1. The van der Waals surface area contributed by atoms with Crippen LogP contribution in [0.15, 0.2) is 24.3 Å². The molecule has 0 fully saturated rings. The van der Waals surface area contributed by atoms with Crippen molar-refractivity contribution in [3.8, 4) is 0 Å². The molecule has 4 N–H and O–H groups in total. The number of hydrogen-bond acceptors (Lipinski definition) is 4. The standard InChI is InChI=1S/C18H22N4O2S.ClH/c1-3-22-9-8-13-14(10-22)25-17(15(13)16(19)23)21-18(24)20-12-6-4-11(2)5-7-12;/h4-7H,3,8-10H2,1-2H3,(H2,19,23)(H2,20,21,24);1H. The lowest BCUT2D eigenvalue weighted by molar-refractivity contribution is 0.1000. The molecular formula is C18H23ClN4O2S. The van der Waals surface area contributed by atoms with Crippen molar-refractivity contribution in [3.05, 3.63) is 45.8 Å². The van der Waals surface area contributed by atoms with Crippen LogP contribution in [0.4, 0.5) is 15.5 Å². The van der Waals surface area contributed by atoms with Crippen molar-refractivity contribution in [1.82, 2.24) is 4.90 Å². The predicted molar refractivity (Wildman–Crippen MR) is 109 cm³/mol. The van der Waals surface area contributed by atoms with Gasteiger partial charge in [0.1, 0.15) is 5.00 Å². The van der Waals surface area contributed by atoms with E-state index in [0.29, 0.717) is 16.3 Å². The number of nitrogens with two attached hydrogens (primary N) is 1. The number of hydrogen-bond donors (Lipinski definition) is 3. The van der Waals surface area contributed by atoms with Gasteiger partial charge in [-0.25, -0.2) is 4.79 Å². The summed E-state index contributed by atoms with van der Waals surface area (Å²) in [6.07, 6.45) is 0.777. The molecule has 0 spiro atoms. The van der Waals surface area contributed by atoms with Gasteiger partial charge >= 0.3 is 6.03 Å². The average molecular weight is 395 g/mol. The Morgan fingerprint density at radius 1 is 1.23 bits per heavy atom. The number of likely N-dealkylation sites (N-methyl/N-ethyl adjacent to an activating group) is 1. The maximum absolute atomic E-state index is 12.3. The van der Waals surface area contributed by atoms with E-state index < -0.39 is 5.91 Å². The first-order chi connectivity index (χ1) is 12.0. The smallest absolute Gasteiger partial charge is 0.324 e. The largest absolute Gasteiger partial charge is 0.365 e. The Labute approximate surface area is 163 Å². The van der Waals surface area contributed by atoms with Crippen LogP contribution in [0.2, 0.25) is 0 Å². The second-order valence-electron chi connectivity index (χ2n) is 6.14. The van der Waals surface area contributed by atoms with Gasteiger partial charge in [-0.15, -0.1) is 23.7 Å². The summed E-state index contributed by atoms with van der Waals surface area (Å²) in [6.45, 7) is 6.74. The molecule has 1 aliphatic rings. The van der Waals surface area contributed by atoms with Crippen molar-refractivity contribution in [2.45, 2.75) is 26.8 Å². The molecule has 0 atom stereocenters. The Morgan fingerprint density at radius 2 is 1.92 bits per heavy atom. The van der Waals surface area contributed by atoms with Crippen LogP contribution in [-0.4, -0.2) is 29.9 Å². The maximum Gasteiger partial charge on any atom is 0.324 e. The summed E-state index contributed by atoms with van der Waals surface area (Å²) in [6, 6.07) is 7.14. The van der Waals surface area contributed by atoms with Gasteiger partial charge in [-0.1, -0.05) is 24.6 Å². The Bertz CT molecular complexity index is 804. The van der Waals surface area contributed by atoms with E-state index in [1.165, 1.54) is 11.3 Å². The molecule has 0 unspecified atom stereocenters. The van der Waals surface area contributed by atoms with Crippen LogP contribution < -0.4 is 16.4 Å². The van der Waals surface area contributed by atoms with Crippen molar-refractivity contribution in [2.24, 2.45) is 5.73 Å². The van der Waals surface area contributed by atoms with Crippen molar-refractivity contribution in [1.29, 1.82) is 0 Å². The van der Waals surface area contributed by atoms with Crippen LogP contribution in [0, 0.1) is 6.92 Å². The first kappa shape index (κ1) is 20.2. The third-order valence-corrected chi connectivity index (χ3v) is 5.50. The number of nitrogens with zero attached hydrogens (tertiary/aromatic N) is 1. The number of aryl methyl sites for hydroxylation is 1. The molecule has 8 heteroatoms. The van der Waals surface area contributed by atoms with Gasteiger partial charge in [0.2, 0.25) is 0 Å². The summed E-state index contributed by atoms with van der Waals surface area (Å²) in [7, 11) is 0. The Balaban J connectivity index is 0.00000243. The number of thiophene rings is 1. The Hall–Kier alpha value is -2.09. The number of anilines is 2. The van der Waals surface area contributed by atoms with E-state index >= 15 is 0 Å². The number of urea groups is 1. The molecule has 3 rings (SSSR count). The number of amides is 3. The van der Waals surface area contributed by atoms with Gasteiger partial charge < -0.3 is 11.1 Å². The molecular weight excluding hydrogens is 372 g/mol. The van der Waals surface area contributed by atoms with Crippen molar-refractivity contribution < 1.29 is 9.59 Å². The lowest BCUT2D eigenvalue weighted by atomic mass is 10.0. The molecule has 0 aliphatic carbocycles. The van der Waals surface area contributed by atoms with Crippen LogP contribution >= 0.6 is 23.7 Å². The van der Waals surface area contributed by atoms with Crippen molar-refractivity contribution in [3.63, 3.8) is 0 Å². The summed E-state index contributed by atoms with van der Waals surface area (Å²) in [5.74, 6) is -0.493. The molecule has 0 radical (unpaired) electrons. The molecule has 0 bridgehead atoms. The van der Waals surface area contributed by atoms with Crippen LogP contribution in [0.3, 0.4) is 0 Å². The lowest BCUT2D eigenvalue weighted by Gasteiger charge is -2.25. The zero-order valence-corrected chi connectivity index (χ0v) is 16.4. The summed E-state index contributed by atoms with van der Waals surface area (Å²) in [5, 5.41) is 6.10. The zero-order valence-electron chi connectivity index (χ0n) is 14.8. The molecule has 3 amide bonds. The number of carbonyl (C=O) groups is 2. The minimum Gasteiger partial charge on any atom is -0.365 e. The van der Waals surface area contributed by atoms with E-state index in [0.717, 1.165) is 42.1 Å². The summed E-state index contributed by atoms with van der Waals surface area (Å²) in [5.41, 5.74) is 8.83. The van der Waals surface area contributed by atoms with Gasteiger partial charge in [0.05, 0.1) is 5.56 Å². The second kappa shape index (κ2) is 8.53. The van der Waals surface area contributed by atoms with E-state index in [1.807, 2.05) is 31.2 Å². The molecule has 1 aromatic carbocycles. The average Bonchev–Trinajstić information content (AvgIpc) is 2.93. The van der Waals surface area contributed by atoms with Crippen LogP contribution in [0.1, 0.15) is 33.3 Å². The molecule has 6 nitrogen and oxygen atoms in total. The van der Waals surface area contributed by atoms with E-state index in [1.54, 1.807) is 0 Å². The highest BCUT2D eigenvalue weighted by molar-refractivity contribution is 7.17. The topological polar surface area (TPSA) is 87.5 Å². The number of rotatable bonds is 4. The maximum atomic E-state index is 12.3. The van der Waals surface area contributed by atoms with Gasteiger partial charge in [0.15, 0.2) is 0 Å². The fraction of sp³-hybridized carbons (Fsp3) is 0.333. The van der Waals surface area contributed by atoms with Crippen LogP contribution in [0.5, 0.6) is 0 Å². The normalized spacial score (nSPS) is 13.5. The van der Waals surface area contributed by atoms with Gasteiger partial charge in [-0.3, -0.25) is 15.0 Å². The third kappa shape index (κ3) is 4.35. The highest BCUT2D eigenvalue weighted by Gasteiger charge is 2.27. The molecule has 0 saturated carbocycles. The highest BCUT2D eigenvalue weighted by atomic mass is 35.5. The first-order valence-electron chi connectivity index (χ1n) is 8.29. The highest BCUT2D eigenvalue weighted by Crippen LogP contribution is 2.36. The number of fused-ring (bicyclic) bond motifs is 1. The third-order valence-electron chi connectivity index (χ3n) is 4.37. The molecule has 26 heavy (non-hydrogen) atoms. The lowest BCUT2D eigenvalue weighted by Crippen LogP contribution is -2.30. The molecule has 1 aromatic heterocycles. The van der Waals surface area contributed by atoms with Crippen molar-refractivity contribution in [2.75, 3.05) is 23.7 Å². The number of carbonyl (C=O) groups excluding carboxylic acids is 2. The first-order valence-corrected chi connectivity index (χ1v) is 9.11. The molecule has 1 aliphatic heterocycles. The van der Waals surface area contributed by atoms with E-state index in [4.69, 9.17) is 5.73 Å². The molecule has 0 saturated heterocycles. The predicted octanol–water partition coefficient (Wildman–Crippen LogP) is 3.60. The fourth-order valence-electron chi connectivity index (χ4n) is 2.98. The van der Waals surface area contributed by atoms with Gasteiger partial charge in [-0.05, 0) is 37.6 Å². The van der Waals surface area contributed by atoms with Crippen LogP contribution in [0.25, 0.3) is 0 Å². The summed E-state index contributed by atoms with van der Waals surface area (Å²) in [4.78, 5) is 27.6. The minimum atomic E-state index is -0.493. The Morgan fingerprint density at radius 3 is 2.54 bits per heavy atom. The number of nitrogens with one attached hydrogen (secondary N) is 2. The fourth-order valence-corrected chi connectivity index (χ4v) is 4.27. The van der Waals surface area contributed by atoms with Gasteiger partial charge in [0, 0.05) is 23.7 Å². The number of halogens is 1. The minimum absolute atomic E-state index is 0.